The second-order valence-corrected chi connectivity index (χ2v) is 8.32. The first-order valence-corrected chi connectivity index (χ1v) is 9.75. The Kier molecular flexibility index (Phi) is 4.61. The number of hydrogen-bond acceptors (Lipinski definition) is 4. The highest BCUT2D eigenvalue weighted by molar-refractivity contribution is 7.90. The van der Waals surface area contributed by atoms with Crippen molar-refractivity contribution in [2.75, 3.05) is 6.26 Å². The van der Waals surface area contributed by atoms with E-state index >= 15 is 0 Å². The fraction of sp³-hybridized carbons (Fsp3) is 0.176. The number of benzene rings is 1. The number of alkyl halides is 3. The smallest absolute Gasteiger partial charge is 0.334 e. The fourth-order valence-corrected chi connectivity index (χ4v) is 3.38. The second kappa shape index (κ2) is 6.48. The molecule has 136 valence electrons. The van der Waals surface area contributed by atoms with Crippen LogP contribution >= 0.6 is 12.2 Å². The van der Waals surface area contributed by atoms with Crippen LogP contribution in [0.2, 0.25) is 0 Å². The van der Waals surface area contributed by atoms with Gasteiger partial charge in [-0.05, 0) is 18.2 Å². The van der Waals surface area contributed by atoms with Gasteiger partial charge in [-0.2, -0.15) is 13.2 Å². The predicted molar refractivity (Wildman–Crippen MR) is 96.5 cm³/mol. The van der Waals surface area contributed by atoms with Gasteiger partial charge in [-0.1, -0.05) is 36.5 Å². The number of rotatable bonds is 3. The number of thiocarbonyl (C=S) groups is 1. The summed E-state index contributed by atoms with van der Waals surface area (Å²) in [5.74, 6) is -1.12. The van der Waals surface area contributed by atoms with Crippen molar-refractivity contribution in [3.05, 3.63) is 54.0 Å². The summed E-state index contributed by atoms with van der Waals surface area (Å²) in [5, 5.41) is 0. The first-order chi connectivity index (χ1) is 12.1. The van der Waals surface area contributed by atoms with Gasteiger partial charge in [0, 0.05) is 28.7 Å². The highest BCUT2D eigenvalue weighted by Gasteiger charge is 2.36. The van der Waals surface area contributed by atoms with Gasteiger partial charge in [0.25, 0.3) is 0 Å². The van der Waals surface area contributed by atoms with E-state index in [9.17, 15) is 21.6 Å². The summed E-state index contributed by atoms with van der Waals surface area (Å²) in [6.07, 6.45) is 2.01. The van der Waals surface area contributed by atoms with Gasteiger partial charge in [-0.3, -0.25) is 0 Å². The first kappa shape index (κ1) is 18.5. The SMILES string of the molecule is CS(=O)(=O)c1ccc(-c2[nH]c(C(F)(F)F)nc2C2=CC(=S)CC=C2)cc1. The van der Waals surface area contributed by atoms with Crippen molar-refractivity contribution in [3.63, 3.8) is 0 Å². The van der Waals surface area contributed by atoms with Gasteiger partial charge in [0.15, 0.2) is 9.84 Å². The minimum Gasteiger partial charge on any atom is -0.334 e. The van der Waals surface area contributed by atoms with Gasteiger partial charge < -0.3 is 4.98 Å². The summed E-state index contributed by atoms with van der Waals surface area (Å²) in [6, 6.07) is 5.58. The Morgan fingerprint density at radius 1 is 1.19 bits per heavy atom. The lowest BCUT2D eigenvalue weighted by Gasteiger charge is -2.08. The van der Waals surface area contributed by atoms with Crippen LogP contribution in [0.4, 0.5) is 13.2 Å². The number of allylic oxidation sites excluding steroid dienone is 4. The van der Waals surface area contributed by atoms with Crippen LogP contribution in [0.5, 0.6) is 0 Å². The summed E-state index contributed by atoms with van der Waals surface area (Å²) in [5.41, 5.74) is 1.12. The van der Waals surface area contributed by atoms with Crippen molar-refractivity contribution in [2.24, 2.45) is 0 Å². The van der Waals surface area contributed by atoms with Gasteiger partial charge in [0.2, 0.25) is 5.82 Å². The Labute approximate surface area is 153 Å². The average molecular weight is 398 g/mol. The molecule has 0 spiro atoms. The van der Waals surface area contributed by atoms with Gasteiger partial charge in [-0.15, -0.1) is 0 Å². The molecule has 1 N–H and O–H groups in total. The Bertz CT molecular complexity index is 1030. The van der Waals surface area contributed by atoms with Crippen LogP contribution in [0.3, 0.4) is 0 Å². The fourth-order valence-electron chi connectivity index (χ4n) is 2.52. The number of aromatic nitrogens is 2. The van der Waals surface area contributed by atoms with Crippen LogP contribution < -0.4 is 0 Å². The molecule has 1 heterocycles. The monoisotopic (exact) mass is 398 g/mol. The van der Waals surface area contributed by atoms with Gasteiger partial charge in [0.1, 0.15) is 0 Å². The quantitative estimate of drug-likeness (QED) is 0.787. The third kappa shape index (κ3) is 3.78. The Morgan fingerprint density at radius 2 is 1.85 bits per heavy atom. The molecule has 1 aromatic heterocycles. The number of hydrogen-bond donors (Lipinski definition) is 1. The van der Waals surface area contributed by atoms with Crippen LogP contribution in [0.25, 0.3) is 16.8 Å². The van der Waals surface area contributed by atoms with Crippen LogP contribution in [0.1, 0.15) is 17.9 Å². The summed E-state index contributed by atoms with van der Waals surface area (Å²) < 4.78 is 62.5. The van der Waals surface area contributed by atoms with Gasteiger partial charge in [-0.25, -0.2) is 13.4 Å². The van der Waals surface area contributed by atoms with E-state index in [0.29, 0.717) is 22.4 Å². The van der Waals surface area contributed by atoms with E-state index in [1.165, 1.54) is 24.3 Å². The van der Waals surface area contributed by atoms with E-state index in [1.807, 2.05) is 0 Å². The van der Waals surface area contributed by atoms with E-state index in [4.69, 9.17) is 12.2 Å². The Balaban J connectivity index is 2.15. The number of H-pyrrole nitrogens is 1. The standard InChI is InChI=1S/C17H13F3N2O2S2/c1-26(23,24)13-7-5-10(6-8-13)14-15(11-3-2-4-12(25)9-11)22-16(21-14)17(18,19)20/h2-3,5-9H,4H2,1H3,(H,21,22). The van der Waals surface area contributed by atoms with E-state index in [1.54, 1.807) is 18.2 Å². The maximum absolute atomic E-state index is 13.1. The number of halogens is 3. The lowest BCUT2D eigenvalue weighted by atomic mass is 10.0. The maximum Gasteiger partial charge on any atom is 0.449 e. The molecule has 0 fully saturated rings. The Morgan fingerprint density at radius 3 is 2.38 bits per heavy atom. The number of nitrogens with zero attached hydrogens (tertiary/aromatic N) is 1. The number of sulfone groups is 1. The molecule has 26 heavy (non-hydrogen) atoms. The first-order valence-electron chi connectivity index (χ1n) is 7.45. The van der Waals surface area contributed by atoms with Gasteiger partial charge >= 0.3 is 6.18 Å². The zero-order valence-corrected chi connectivity index (χ0v) is 15.1. The van der Waals surface area contributed by atoms with Crippen molar-refractivity contribution in [2.45, 2.75) is 17.5 Å². The minimum absolute atomic E-state index is 0.0799. The van der Waals surface area contributed by atoms with Gasteiger partial charge in [0.05, 0.1) is 16.3 Å². The molecule has 2 aromatic rings. The largest absolute Gasteiger partial charge is 0.449 e. The van der Waals surface area contributed by atoms with Crippen molar-refractivity contribution >= 4 is 32.5 Å². The molecule has 1 aliphatic carbocycles. The van der Waals surface area contributed by atoms with E-state index in [-0.39, 0.29) is 16.3 Å². The molecule has 4 nitrogen and oxygen atoms in total. The number of imidazole rings is 1. The summed E-state index contributed by atoms with van der Waals surface area (Å²) in [4.78, 5) is 6.69. The molecule has 0 saturated heterocycles. The molecular formula is C17H13F3N2O2S2. The summed E-state index contributed by atoms with van der Waals surface area (Å²) in [7, 11) is -3.40. The van der Waals surface area contributed by atoms with E-state index < -0.39 is 21.8 Å². The average Bonchev–Trinajstić information content (AvgIpc) is 3.00. The number of nitrogens with one attached hydrogen (secondary N) is 1. The zero-order chi connectivity index (χ0) is 19.1. The van der Waals surface area contributed by atoms with Crippen LogP contribution in [0, 0.1) is 0 Å². The molecule has 0 unspecified atom stereocenters. The maximum atomic E-state index is 13.1. The molecule has 0 aliphatic heterocycles. The molecule has 0 atom stereocenters. The number of aromatic amines is 1. The summed E-state index contributed by atoms with van der Waals surface area (Å²) >= 11 is 5.13. The molecule has 9 heteroatoms. The normalized spacial score (nSPS) is 15.2. The topological polar surface area (TPSA) is 62.8 Å². The zero-order valence-electron chi connectivity index (χ0n) is 13.5. The third-order valence-electron chi connectivity index (χ3n) is 3.75. The van der Waals surface area contributed by atoms with Crippen LogP contribution in [-0.4, -0.2) is 29.5 Å². The minimum atomic E-state index is -4.64. The van der Waals surface area contributed by atoms with Crippen molar-refractivity contribution < 1.29 is 21.6 Å². The lowest BCUT2D eigenvalue weighted by Crippen LogP contribution is -2.07. The van der Waals surface area contributed by atoms with Crippen molar-refractivity contribution in [3.8, 4) is 11.3 Å². The van der Waals surface area contributed by atoms with E-state index in [0.717, 1.165) is 6.26 Å². The molecule has 0 amide bonds. The molecule has 1 aliphatic rings. The molecular weight excluding hydrogens is 385 g/mol. The molecule has 3 rings (SSSR count). The second-order valence-electron chi connectivity index (χ2n) is 5.78. The molecule has 0 radical (unpaired) electrons. The molecule has 0 saturated carbocycles. The van der Waals surface area contributed by atoms with Crippen LogP contribution in [0.15, 0.2) is 47.4 Å². The van der Waals surface area contributed by atoms with E-state index in [2.05, 4.69) is 9.97 Å². The van der Waals surface area contributed by atoms with Crippen LogP contribution in [-0.2, 0) is 16.0 Å². The predicted octanol–water partition coefficient (Wildman–Crippen LogP) is 4.21. The molecule has 1 aromatic carbocycles. The highest BCUT2D eigenvalue weighted by atomic mass is 32.2. The third-order valence-corrected chi connectivity index (χ3v) is 5.16. The highest BCUT2D eigenvalue weighted by Crippen LogP contribution is 2.35. The molecule has 0 bridgehead atoms. The van der Waals surface area contributed by atoms with Crippen molar-refractivity contribution in [1.82, 2.24) is 9.97 Å². The Hall–Kier alpha value is -2.26. The summed E-state index contributed by atoms with van der Waals surface area (Å²) in [6.45, 7) is 0. The lowest BCUT2D eigenvalue weighted by molar-refractivity contribution is -0.144. The van der Waals surface area contributed by atoms with Crippen molar-refractivity contribution in [1.29, 1.82) is 0 Å².